The number of H-pyrrole nitrogens is 1. The second kappa shape index (κ2) is 9.52. The highest BCUT2D eigenvalue weighted by molar-refractivity contribution is 5.97. The summed E-state index contributed by atoms with van der Waals surface area (Å²) in [6, 6.07) is 18.5. The number of carbonyl (C=O) groups is 2. The highest BCUT2D eigenvalue weighted by atomic mass is 16.2. The number of nitrogens with one attached hydrogen (secondary N) is 1. The summed E-state index contributed by atoms with van der Waals surface area (Å²) in [6.45, 7) is 0.234. The molecule has 1 saturated carbocycles. The molecule has 1 saturated heterocycles. The van der Waals surface area contributed by atoms with Gasteiger partial charge in [0.25, 0.3) is 0 Å². The van der Waals surface area contributed by atoms with Crippen molar-refractivity contribution in [2.75, 3.05) is 6.54 Å². The molecule has 2 atom stereocenters. The minimum absolute atomic E-state index is 0.104. The number of aromatic amines is 1. The molecule has 0 spiro atoms. The first-order valence-electron chi connectivity index (χ1n) is 13.5. The fraction of sp³-hybridized carbons (Fsp3) is 0.467. The largest absolute Gasteiger partial charge is 0.356 e. The predicted molar refractivity (Wildman–Crippen MR) is 138 cm³/mol. The van der Waals surface area contributed by atoms with E-state index in [0.29, 0.717) is 6.42 Å². The molecular formula is C30H35N3O2. The van der Waals surface area contributed by atoms with Gasteiger partial charge in [-0.2, -0.15) is 0 Å². The number of rotatable bonds is 4. The molecule has 1 aromatic heterocycles. The second-order valence-corrected chi connectivity index (χ2v) is 10.6. The summed E-state index contributed by atoms with van der Waals surface area (Å²) in [5.74, 6) is 0.273. The van der Waals surface area contributed by atoms with E-state index in [1.807, 2.05) is 21.9 Å². The van der Waals surface area contributed by atoms with Crippen LogP contribution < -0.4 is 0 Å². The van der Waals surface area contributed by atoms with Crippen LogP contribution in [-0.2, 0) is 22.4 Å². The molecule has 0 bridgehead atoms. The van der Waals surface area contributed by atoms with Crippen LogP contribution in [0.15, 0.2) is 54.6 Å². The first kappa shape index (κ1) is 22.4. The van der Waals surface area contributed by atoms with Crippen molar-refractivity contribution in [3.05, 3.63) is 71.4 Å². The first-order chi connectivity index (χ1) is 17.2. The second-order valence-electron chi connectivity index (χ2n) is 10.6. The average Bonchev–Trinajstić information content (AvgIpc) is 3.23. The molecule has 35 heavy (non-hydrogen) atoms. The third kappa shape index (κ3) is 4.15. The van der Waals surface area contributed by atoms with Gasteiger partial charge in [-0.25, -0.2) is 0 Å². The number of amides is 2. The van der Waals surface area contributed by atoms with Crippen molar-refractivity contribution in [3.63, 3.8) is 0 Å². The molecular weight excluding hydrogens is 434 g/mol. The van der Waals surface area contributed by atoms with E-state index in [4.69, 9.17) is 0 Å². The van der Waals surface area contributed by atoms with Gasteiger partial charge in [-0.1, -0.05) is 80.6 Å². The zero-order chi connectivity index (χ0) is 23.8. The molecule has 3 aliphatic rings. The molecule has 1 aliphatic carbocycles. The van der Waals surface area contributed by atoms with Crippen LogP contribution in [0.3, 0.4) is 0 Å². The van der Waals surface area contributed by atoms with E-state index in [-0.39, 0.29) is 30.4 Å². The van der Waals surface area contributed by atoms with Crippen LogP contribution in [0.5, 0.6) is 0 Å². The molecule has 2 aliphatic heterocycles. The van der Waals surface area contributed by atoms with Crippen molar-refractivity contribution < 1.29 is 9.59 Å². The molecule has 0 radical (unpaired) electrons. The van der Waals surface area contributed by atoms with Crippen LogP contribution in [0.25, 0.3) is 10.9 Å². The van der Waals surface area contributed by atoms with Crippen LogP contribution in [0, 0.1) is 0 Å². The van der Waals surface area contributed by atoms with Crippen LogP contribution >= 0.6 is 0 Å². The van der Waals surface area contributed by atoms with Crippen LogP contribution in [0.1, 0.15) is 74.2 Å². The summed E-state index contributed by atoms with van der Waals surface area (Å²) in [4.78, 5) is 35.3. The van der Waals surface area contributed by atoms with Gasteiger partial charge in [0.1, 0.15) is 12.6 Å². The zero-order valence-electron chi connectivity index (χ0n) is 20.4. The summed E-state index contributed by atoms with van der Waals surface area (Å²) < 4.78 is 0. The fourth-order valence-corrected chi connectivity index (χ4v) is 6.71. The summed E-state index contributed by atoms with van der Waals surface area (Å²) in [6.07, 6.45) is 10.4. The first-order valence-corrected chi connectivity index (χ1v) is 13.5. The number of aryl methyl sites for hydroxylation is 1. The Morgan fingerprint density at radius 3 is 2.37 bits per heavy atom. The molecule has 0 unspecified atom stereocenters. The standard InChI is InChI=1S/C30H35N3O2/c34-28-20-32(22-13-7-2-1-3-8-14-22)30(35)27-19-24-23-15-9-10-16-25(23)31-29(24)26(33(27)28)18-17-21-11-5-4-6-12-21/h4-6,9-12,15-16,22,26-27,31H,1-3,7-8,13-14,17-20H2/t26-,27-/m0/s1. The molecule has 5 heteroatoms. The molecule has 2 fully saturated rings. The minimum atomic E-state index is -0.394. The number of hydrogen-bond acceptors (Lipinski definition) is 2. The Hall–Kier alpha value is -3.08. The van der Waals surface area contributed by atoms with Gasteiger partial charge in [0.2, 0.25) is 11.8 Å². The molecule has 5 nitrogen and oxygen atoms in total. The third-order valence-corrected chi connectivity index (χ3v) is 8.48. The molecule has 3 heterocycles. The van der Waals surface area contributed by atoms with Gasteiger partial charge in [-0.15, -0.1) is 0 Å². The van der Waals surface area contributed by atoms with Crippen molar-refractivity contribution in [2.24, 2.45) is 0 Å². The van der Waals surface area contributed by atoms with Gasteiger partial charge in [0.05, 0.1) is 6.04 Å². The monoisotopic (exact) mass is 469 g/mol. The lowest BCUT2D eigenvalue weighted by molar-refractivity contribution is -0.162. The van der Waals surface area contributed by atoms with Crippen molar-refractivity contribution in [3.8, 4) is 0 Å². The SMILES string of the molecule is O=C1[C@@H]2Cc3c([nH]c4ccccc34)[C@H](CCc3ccccc3)N2C(=O)CN1C1CCCCCCC1. The number of nitrogens with zero attached hydrogens (tertiary/aromatic N) is 2. The van der Waals surface area contributed by atoms with Crippen molar-refractivity contribution in [2.45, 2.75) is 82.3 Å². The van der Waals surface area contributed by atoms with Gasteiger partial charge in [0.15, 0.2) is 0 Å². The van der Waals surface area contributed by atoms with Crippen LogP contribution in [0.4, 0.5) is 0 Å². The predicted octanol–water partition coefficient (Wildman–Crippen LogP) is 5.55. The average molecular weight is 470 g/mol. The summed E-state index contributed by atoms with van der Waals surface area (Å²) in [5.41, 5.74) is 4.71. The normalized spacial score (nSPS) is 23.7. The smallest absolute Gasteiger partial charge is 0.246 e. The highest BCUT2D eigenvalue weighted by Crippen LogP contribution is 2.42. The highest BCUT2D eigenvalue weighted by Gasteiger charge is 2.48. The number of benzene rings is 2. The maximum Gasteiger partial charge on any atom is 0.246 e. The lowest BCUT2D eigenvalue weighted by Crippen LogP contribution is -2.64. The van der Waals surface area contributed by atoms with Gasteiger partial charge < -0.3 is 14.8 Å². The molecule has 2 aromatic carbocycles. The van der Waals surface area contributed by atoms with Gasteiger partial charge >= 0.3 is 0 Å². The van der Waals surface area contributed by atoms with E-state index < -0.39 is 6.04 Å². The lowest BCUT2D eigenvalue weighted by Gasteiger charge is -2.49. The van der Waals surface area contributed by atoms with E-state index in [9.17, 15) is 9.59 Å². The third-order valence-electron chi connectivity index (χ3n) is 8.48. The zero-order valence-corrected chi connectivity index (χ0v) is 20.4. The van der Waals surface area contributed by atoms with Crippen molar-refractivity contribution >= 4 is 22.7 Å². The van der Waals surface area contributed by atoms with Gasteiger partial charge in [-0.05, 0) is 42.9 Å². The number of piperazine rings is 1. The Kier molecular flexibility index (Phi) is 6.09. The Balaban J connectivity index is 1.35. The number of aromatic nitrogens is 1. The van der Waals surface area contributed by atoms with E-state index in [1.54, 1.807) is 0 Å². The number of para-hydroxylation sites is 1. The molecule has 3 aromatic rings. The summed E-state index contributed by atoms with van der Waals surface area (Å²) in [5, 5.41) is 1.19. The Morgan fingerprint density at radius 1 is 0.857 bits per heavy atom. The Bertz CT molecular complexity index is 1210. The fourth-order valence-electron chi connectivity index (χ4n) is 6.71. The maximum atomic E-state index is 14.0. The van der Waals surface area contributed by atoms with E-state index in [0.717, 1.165) is 49.7 Å². The molecule has 182 valence electrons. The van der Waals surface area contributed by atoms with Crippen LogP contribution in [-0.4, -0.2) is 45.2 Å². The van der Waals surface area contributed by atoms with Crippen LogP contribution in [0.2, 0.25) is 0 Å². The summed E-state index contributed by atoms with van der Waals surface area (Å²) in [7, 11) is 0. The minimum Gasteiger partial charge on any atom is -0.356 e. The van der Waals surface area contributed by atoms with Crippen molar-refractivity contribution in [1.29, 1.82) is 0 Å². The van der Waals surface area contributed by atoms with E-state index in [2.05, 4.69) is 47.4 Å². The number of hydrogen-bond donors (Lipinski definition) is 1. The molecule has 1 N–H and O–H groups in total. The lowest BCUT2D eigenvalue weighted by atomic mass is 9.85. The Labute approximate surface area is 207 Å². The number of carbonyl (C=O) groups excluding carboxylic acids is 2. The van der Waals surface area contributed by atoms with E-state index in [1.165, 1.54) is 35.8 Å². The van der Waals surface area contributed by atoms with Gasteiger partial charge in [-0.3, -0.25) is 9.59 Å². The Morgan fingerprint density at radius 2 is 1.57 bits per heavy atom. The maximum absolute atomic E-state index is 14.0. The quantitative estimate of drug-likeness (QED) is 0.545. The molecule has 2 amide bonds. The van der Waals surface area contributed by atoms with Crippen molar-refractivity contribution in [1.82, 2.24) is 14.8 Å². The topological polar surface area (TPSA) is 56.4 Å². The molecule has 6 rings (SSSR count). The number of fused-ring (bicyclic) bond motifs is 4. The summed E-state index contributed by atoms with van der Waals surface area (Å²) >= 11 is 0. The van der Waals surface area contributed by atoms with Gasteiger partial charge in [0, 0.05) is 29.1 Å². The van der Waals surface area contributed by atoms with E-state index >= 15 is 0 Å².